The molecule has 3 heteroatoms. The minimum absolute atomic E-state index is 0.175. The lowest BCUT2D eigenvalue weighted by Gasteiger charge is -2.07. The summed E-state index contributed by atoms with van der Waals surface area (Å²) in [5.41, 5.74) is 5.43. The molecule has 0 saturated heterocycles. The second-order valence-corrected chi connectivity index (χ2v) is 5.37. The summed E-state index contributed by atoms with van der Waals surface area (Å²) in [6.07, 6.45) is 4.61. The van der Waals surface area contributed by atoms with Crippen LogP contribution < -0.4 is 5.63 Å². The summed E-state index contributed by atoms with van der Waals surface area (Å²) >= 11 is 0. The zero-order valence-corrected chi connectivity index (χ0v) is 11.0. The highest BCUT2D eigenvalue weighted by Gasteiger charge is 2.22. The molecule has 0 amide bonds. The zero-order chi connectivity index (χ0) is 13.1. The van der Waals surface area contributed by atoms with Gasteiger partial charge in [0.25, 0.3) is 0 Å². The number of rotatable bonds is 0. The largest absolute Gasteiger partial charge is 0.464 e. The fourth-order valence-corrected chi connectivity index (χ4v) is 3.21. The van der Waals surface area contributed by atoms with Crippen LogP contribution in [0.1, 0.15) is 28.7 Å². The van der Waals surface area contributed by atoms with Crippen molar-refractivity contribution in [3.8, 4) is 0 Å². The van der Waals surface area contributed by atoms with E-state index in [2.05, 4.69) is 6.07 Å². The van der Waals surface area contributed by atoms with E-state index in [1.165, 1.54) is 5.56 Å². The summed E-state index contributed by atoms with van der Waals surface area (Å²) in [5, 5.41) is 2.20. The van der Waals surface area contributed by atoms with Crippen molar-refractivity contribution >= 4 is 21.9 Å². The molecule has 0 spiro atoms. The number of furan rings is 1. The number of benzene rings is 1. The molecule has 3 aromatic rings. The van der Waals surface area contributed by atoms with Crippen molar-refractivity contribution in [3.05, 3.63) is 45.0 Å². The Kier molecular flexibility index (Phi) is 2.00. The molecule has 0 N–H and O–H groups in total. The minimum atomic E-state index is -0.175. The van der Waals surface area contributed by atoms with Gasteiger partial charge in [0.05, 0.1) is 6.26 Å². The van der Waals surface area contributed by atoms with Crippen LogP contribution in [0.25, 0.3) is 21.9 Å². The Hall–Kier alpha value is -2.03. The smallest absolute Gasteiger partial charge is 0.339 e. The van der Waals surface area contributed by atoms with E-state index in [0.717, 1.165) is 52.3 Å². The number of hydrogen-bond donors (Lipinski definition) is 0. The van der Waals surface area contributed by atoms with Crippen LogP contribution in [0.3, 0.4) is 0 Å². The van der Waals surface area contributed by atoms with Gasteiger partial charge < -0.3 is 8.83 Å². The molecule has 2 heterocycles. The molecular formula is C16H14O3. The summed E-state index contributed by atoms with van der Waals surface area (Å²) in [7, 11) is 0. The van der Waals surface area contributed by atoms with Gasteiger partial charge in [-0.25, -0.2) is 4.79 Å². The van der Waals surface area contributed by atoms with E-state index >= 15 is 0 Å². The van der Waals surface area contributed by atoms with Gasteiger partial charge in [0.15, 0.2) is 0 Å². The SMILES string of the molecule is Cc1coc2c(C)c3oc(=O)c4c(c3cc12)CCC4. The van der Waals surface area contributed by atoms with E-state index < -0.39 is 0 Å². The van der Waals surface area contributed by atoms with Crippen LogP contribution in [0.2, 0.25) is 0 Å². The molecule has 0 bridgehead atoms. The number of aryl methyl sites for hydroxylation is 3. The maximum Gasteiger partial charge on any atom is 0.339 e. The quantitative estimate of drug-likeness (QED) is 0.575. The Morgan fingerprint density at radius 2 is 1.84 bits per heavy atom. The van der Waals surface area contributed by atoms with Crippen molar-refractivity contribution in [2.75, 3.05) is 0 Å². The normalized spacial score (nSPS) is 14.4. The molecule has 1 aromatic carbocycles. The van der Waals surface area contributed by atoms with E-state index in [1.54, 1.807) is 6.26 Å². The van der Waals surface area contributed by atoms with Gasteiger partial charge >= 0.3 is 5.63 Å². The Morgan fingerprint density at radius 1 is 1.05 bits per heavy atom. The monoisotopic (exact) mass is 254 g/mol. The van der Waals surface area contributed by atoms with E-state index in [9.17, 15) is 4.79 Å². The van der Waals surface area contributed by atoms with Crippen LogP contribution >= 0.6 is 0 Å². The molecule has 0 aliphatic heterocycles. The molecule has 0 unspecified atom stereocenters. The second kappa shape index (κ2) is 3.50. The third-order valence-electron chi connectivity index (χ3n) is 4.22. The Bertz CT molecular complexity index is 881. The lowest BCUT2D eigenvalue weighted by atomic mass is 10.0. The van der Waals surface area contributed by atoms with Gasteiger partial charge in [-0.05, 0) is 50.3 Å². The van der Waals surface area contributed by atoms with Gasteiger partial charge in [-0.1, -0.05) is 0 Å². The summed E-state index contributed by atoms with van der Waals surface area (Å²) in [5.74, 6) is 0. The maximum atomic E-state index is 12.0. The highest BCUT2D eigenvalue weighted by molar-refractivity contribution is 5.99. The average Bonchev–Trinajstić information content (AvgIpc) is 3.00. The molecule has 3 nitrogen and oxygen atoms in total. The van der Waals surface area contributed by atoms with E-state index in [4.69, 9.17) is 8.83 Å². The van der Waals surface area contributed by atoms with E-state index in [1.807, 2.05) is 13.8 Å². The van der Waals surface area contributed by atoms with Crippen LogP contribution in [-0.4, -0.2) is 0 Å². The van der Waals surface area contributed by atoms with E-state index in [0.29, 0.717) is 5.58 Å². The molecule has 1 aliphatic rings. The first kappa shape index (κ1) is 10.9. The highest BCUT2D eigenvalue weighted by atomic mass is 16.4. The highest BCUT2D eigenvalue weighted by Crippen LogP contribution is 2.35. The molecule has 19 heavy (non-hydrogen) atoms. The molecule has 0 fully saturated rings. The molecule has 96 valence electrons. The second-order valence-electron chi connectivity index (χ2n) is 5.37. The molecule has 4 rings (SSSR count). The predicted octanol–water partition coefficient (Wildman–Crippen LogP) is 3.64. The third kappa shape index (κ3) is 1.30. The van der Waals surface area contributed by atoms with Crippen molar-refractivity contribution in [1.29, 1.82) is 0 Å². The lowest BCUT2D eigenvalue weighted by Crippen LogP contribution is -2.07. The predicted molar refractivity (Wildman–Crippen MR) is 73.8 cm³/mol. The first-order valence-corrected chi connectivity index (χ1v) is 6.63. The number of fused-ring (bicyclic) bond motifs is 4. The molecule has 2 aromatic heterocycles. The summed E-state index contributed by atoms with van der Waals surface area (Å²) < 4.78 is 11.1. The lowest BCUT2D eigenvalue weighted by molar-refractivity contribution is 0.548. The number of hydrogen-bond acceptors (Lipinski definition) is 3. The van der Waals surface area contributed by atoms with Gasteiger partial charge in [-0.15, -0.1) is 0 Å². The Balaban J connectivity index is 2.29. The van der Waals surface area contributed by atoms with Gasteiger partial charge in [-0.3, -0.25) is 0 Å². The topological polar surface area (TPSA) is 43.4 Å². The summed E-state index contributed by atoms with van der Waals surface area (Å²) in [6, 6.07) is 2.11. The third-order valence-corrected chi connectivity index (χ3v) is 4.22. The van der Waals surface area contributed by atoms with Gasteiger partial charge in [0.1, 0.15) is 11.2 Å². The van der Waals surface area contributed by atoms with Crippen LogP contribution in [-0.2, 0) is 12.8 Å². The van der Waals surface area contributed by atoms with Crippen molar-refractivity contribution in [2.24, 2.45) is 0 Å². The van der Waals surface area contributed by atoms with Crippen molar-refractivity contribution in [3.63, 3.8) is 0 Å². The van der Waals surface area contributed by atoms with Crippen molar-refractivity contribution < 1.29 is 8.83 Å². The molecule has 0 radical (unpaired) electrons. The van der Waals surface area contributed by atoms with Gasteiger partial charge in [-0.2, -0.15) is 0 Å². The first-order valence-electron chi connectivity index (χ1n) is 6.63. The average molecular weight is 254 g/mol. The van der Waals surface area contributed by atoms with Crippen LogP contribution in [0, 0.1) is 13.8 Å². The Labute approximate surface area is 109 Å². The van der Waals surface area contributed by atoms with Gasteiger partial charge in [0.2, 0.25) is 0 Å². The Morgan fingerprint density at radius 3 is 2.68 bits per heavy atom. The standard InChI is InChI=1S/C16H14O3/c1-8-7-18-14-9(2)15-13(6-12(8)14)10-4-3-5-11(10)16(17)19-15/h6-7H,3-5H2,1-2H3. The van der Waals surface area contributed by atoms with Gasteiger partial charge in [0, 0.05) is 21.9 Å². The summed E-state index contributed by atoms with van der Waals surface area (Å²) in [4.78, 5) is 12.0. The van der Waals surface area contributed by atoms with E-state index in [-0.39, 0.29) is 5.63 Å². The first-order chi connectivity index (χ1) is 9.16. The van der Waals surface area contributed by atoms with Crippen LogP contribution in [0.5, 0.6) is 0 Å². The fraction of sp³-hybridized carbons (Fsp3) is 0.312. The van der Waals surface area contributed by atoms with Crippen LogP contribution in [0.15, 0.2) is 26.0 Å². The maximum absolute atomic E-state index is 12.0. The fourth-order valence-electron chi connectivity index (χ4n) is 3.21. The summed E-state index contributed by atoms with van der Waals surface area (Å²) in [6.45, 7) is 3.99. The molecule has 0 saturated carbocycles. The van der Waals surface area contributed by atoms with Crippen molar-refractivity contribution in [2.45, 2.75) is 33.1 Å². The van der Waals surface area contributed by atoms with Crippen molar-refractivity contribution in [1.82, 2.24) is 0 Å². The molecular weight excluding hydrogens is 240 g/mol. The minimum Gasteiger partial charge on any atom is -0.464 e. The molecule has 1 aliphatic carbocycles. The zero-order valence-electron chi connectivity index (χ0n) is 11.0. The van der Waals surface area contributed by atoms with Crippen LogP contribution in [0.4, 0.5) is 0 Å². The molecule has 0 atom stereocenters.